The SMILES string of the molecule is CCCCCCCCCCCCCCCCCCCCCCCCCCCCCCC(=O)NC(COC1OC(CO)C(O)C(O)C1O)C(O)CCCCCCCC. The second kappa shape index (κ2) is 39.3. The van der Waals surface area contributed by atoms with Gasteiger partial charge in [-0.05, 0) is 12.8 Å². The van der Waals surface area contributed by atoms with Crippen LogP contribution in [0.1, 0.15) is 245 Å². The predicted molar refractivity (Wildman–Crippen MR) is 235 cm³/mol. The number of ether oxygens (including phenoxy) is 2. The number of rotatable bonds is 42. The van der Waals surface area contributed by atoms with Gasteiger partial charge in [0.2, 0.25) is 5.91 Å². The molecular weight excluding hydrogens is 719 g/mol. The first-order chi connectivity index (χ1) is 27.8. The molecule has 6 N–H and O–H groups in total. The summed E-state index contributed by atoms with van der Waals surface area (Å²) < 4.78 is 11.2. The molecule has 7 atom stereocenters. The van der Waals surface area contributed by atoms with Gasteiger partial charge in [-0.25, -0.2) is 0 Å². The molecule has 1 amide bonds. The second-order valence-electron chi connectivity index (χ2n) is 17.6. The van der Waals surface area contributed by atoms with Crippen LogP contribution in [0.25, 0.3) is 0 Å². The van der Waals surface area contributed by atoms with Crippen molar-refractivity contribution in [3.63, 3.8) is 0 Å². The van der Waals surface area contributed by atoms with Crippen molar-refractivity contribution in [1.82, 2.24) is 5.32 Å². The van der Waals surface area contributed by atoms with E-state index in [9.17, 15) is 30.3 Å². The molecule has 9 heteroatoms. The van der Waals surface area contributed by atoms with Crippen LogP contribution in [0.3, 0.4) is 0 Å². The summed E-state index contributed by atoms with van der Waals surface area (Å²) in [6.45, 7) is 3.79. The van der Waals surface area contributed by atoms with E-state index in [4.69, 9.17) is 9.47 Å². The number of carbonyl (C=O) groups excluding carboxylic acids is 1. The van der Waals surface area contributed by atoms with E-state index < -0.39 is 49.5 Å². The first-order valence-corrected chi connectivity index (χ1v) is 24.7. The van der Waals surface area contributed by atoms with Crippen LogP contribution in [-0.2, 0) is 14.3 Å². The number of aliphatic hydroxyl groups is 5. The number of nitrogens with one attached hydrogen (secondary N) is 1. The molecule has 1 heterocycles. The van der Waals surface area contributed by atoms with E-state index in [-0.39, 0.29) is 12.5 Å². The molecule has 1 rings (SSSR count). The number of hydrogen-bond donors (Lipinski definition) is 6. The number of hydrogen-bond acceptors (Lipinski definition) is 8. The van der Waals surface area contributed by atoms with Crippen LogP contribution in [0.4, 0.5) is 0 Å². The molecule has 1 aliphatic heterocycles. The standard InChI is InChI=1S/C48H95NO8/c1-3-5-7-9-11-12-13-14-15-16-17-18-19-20-21-22-23-24-25-26-27-28-29-30-31-32-34-36-38-44(52)49-41(42(51)37-35-33-10-8-6-4-2)40-56-48-47(55)46(54)45(53)43(39-50)57-48/h41-43,45-48,50-51,53-55H,3-40H2,1-2H3,(H,49,52). The highest BCUT2D eigenvalue weighted by molar-refractivity contribution is 5.76. The molecule has 0 aliphatic carbocycles. The summed E-state index contributed by atoms with van der Waals surface area (Å²) >= 11 is 0. The molecule has 9 nitrogen and oxygen atoms in total. The normalized spacial score (nSPS) is 20.9. The highest BCUT2D eigenvalue weighted by Crippen LogP contribution is 2.23. The van der Waals surface area contributed by atoms with Crippen molar-refractivity contribution in [2.24, 2.45) is 0 Å². The molecule has 340 valence electrons. The van der Waals surface area contributed by atoms with E-state index in [1.165, 1.54) is 180 Å². The average Bonchev–Trinajstić information content (AvgIpc) is 3.21. The first-order valence-electron chi connectivity index (χ1n) is 24.7. The van der Waals surface area contributed by atoms with Crippen LogP contribution < -0.4 is 5.32 Å². The van der Waals surface area contributed by atoms with Gasteiger partial charge in [-0.15, -0.1) is 0 Å². The Morgan fingerprint density at radius 2 is 0.877 bits per heavy atom. The summed E-state index contributed by atoms with van der Waals surface area (Å²) in [4.78, 5) is 12.9. The van der Waals surface area contributed by atoms with Crippen molar-refractivity contribution < 1.29 is 39.8 Å². The van der Waals surface area contributed by atoms with E-state index in [0.29, 0.717) is 12.8 Å². The number of unbranched alkanes of at least 4 members (excludes halogenated alkanes) is 32. The Labute approximate surface area is 351 Å². The lowest BCUT2D eigenvalue weighted by Gasteiger charge is -2.40. The minimum absolute atomic E-state index is 0.134. The Kier molecular flexibility index (Phi) is 37.4. The highest BCUT2D eigenvalue weighted by atomic mass is 16.7. The summed E-state index contributed by atoms with van der Waals surface area (Å²) in [5.74, 6) is -0.144. The Morgan fingerprint density at radius 3 is 1.25 bits per heavy atom. The average molecular weight is 814 g/mol. The van der Waals surface area contributed by atoms with Crippen molar-refractivity contribution in [2.75, 3.05) is 13.2 Å². The van der Waals surface area contributed by atoms with Crippen molar-refractivity contribution >= 4 is 5.91 Å². The molecule has 0 radical (unpaired) electrons. The van der Waals surface area contributed by atoms with Gasteiger partial charge in [-0.3, -0.25) is 4.79 Å². The summed E-state index contributed by atoms with van der Waals surface area (Å²) in [5, 5.41) is 54.0. The summed E-state index contributed by atoms with van der Waals surface area (Å²) in [6, 6.07) is -0.709. The molecule has 0 spiro atoms. The van der Waals surface area contributed by atoms with Gasteiger partial charge in [0.05, 0.1) is 25.4 Å². The number of carbonyl (C=O) groups is 1. The molecule has 1 fully saturated rings. The zero-order valence-corrected chi connectivity index (χ0v) is 37.4. The van der Waals surface area contributed by atoms with Crippen molar-refractivity contribution in [3.05, 3.63) is 0 Å². The lowest BCUT2D eigenvalue weighted by molar-refractivity contribution is -0.302. The fraction of sp³-hybridized carbons (Fsp3) is 0.979. The number of amides is 1. The second-order valence-corrected chi connectivity index (χ2v) is 17.6. The van der Waals surface area contributed by atoms with E-state index >= 15 is 0 Å². The molecular formula is C48H95NO8. The van der Waals surface area contributed by atoms with Gasteiger partial charge in [-0.2, -0.15) is 0 Å². The van der Waals surface area contributed by atoms with Gasteiger partial charge >= 0.3 is 0 Å². The van der Waals surface area contributed by atoms with Gasteiger partial charge in [-0.1, -0.05) is 226 Å². The van der Waals surface area contributed by atoms with Gasteiger partial charge in [0.1, 0.15) is 24.4 Å². The molecule has 1 aliphatic rings. The van der Waals surface area contributed by atoms with E-state index in [2.05, 4.69) is 19.2 Å². The van der Waals surface area contributed by atoms with Crippen LogP contribution in [0.5, 0.6) is 0 Å². The molecule has 7 unspecified atom stereocenters. The molecule has 0 saturated carbocycles. The molecule has 0 aromatic heterocycles. The summed E-state index contributed by atoms with van der Waals surface area (Å²) in [5.41, 5.74) is 0. The monoisotopic (exact) mass is 814 g/mol. The lowest BCUT2D eigenvalue weighted by atomic mass is 9.99. The van der Waals surface area contributed by atoms with Gasteiger partial charge in [0, 0.05) is 6.42 Å². The third-order valence-electron chi connectivity index (χ3n) is 12.2. The Balaban J connectivity index is 2.05. The van der Waals surface area contributed by atoms with Crippen LogP contribution >= 0.6 is 0 Å². The molecule has 1 saturated heterocycles. The maximum atomic E-state index is 12.9. The predicted octanol–water partition coefficient (Wildman–Crippen LogP) is 10.7. The largest absolute Gasteiger partial charge is 0.394 e. The van der Waals surface area contributed by atoms with Crippen molar-refractivity contribution in [3.8, 4) is 0 Å². The van der Waals surface area contributed by atoms with Crippen molar-refractivity contribution in [1.29, 1.82) is 0 Å². The minimum Gasteiger partial charge on any atom is -0.394 e. The van der Waals surface area contributed by atoms with Gasteiger partial charge < -0.3 is 40.3 Å². The van der Waals surface area contributed by atoms with E-state index in [0.717, 1.165) is 38.5 Å². The van der Waals surface area contributed by atoms with Crippen LogP contribution in [0, 0.1) is 0 Å². The van der Waals surface area contributed by atoms with Crippen molar-refractivity contribution in [2.45, 2.75) is 288 Å². The van der Waals surface area contributed by atoms with Crippen LogP contribution in [0.2, 0.25) is 0 Å². The maximum Gasteiger partial charge on any atom is 0.220 e. The maximum absolute atomic E-state index is 12.9. The van der Waals surface area contributed by atoms with Gasteiger partial charge in [0.15, 0.2) is 6.29 Å². The summed E-state index contributed by atoms with van der Waals surface area (Å²) in [7, 11) is 0. The molecule has 0 aromatic carbocycles. The zero-order chi connectivity index (χ0) is 41.6. The van der Waals surface area contributed by atoms with E-state index in [1.807, 2.05) is 0 Å². The Bertz CT molecular complexity index is 862. The summed E-state index contributed by atoms with van der Waals surface area (Å²) in [6.07, 6.45) is 37.5. The zero-order valence-electron chi connectivity index (χ0n) is 37.4. The fourth-order valence-corrected chi connectivity index (χ4v) is 8.22. The fourth-order valence-electron chi connectivity index (χ4n) is 8.22. The lowest BCUT2D eigenvalue weighted by Crippen LogP contribution is -2.60. The molecule has 0 aromatic rings. The third kappa shape index (κ3) is 30.0. The Hall–Kier alpha value is -0.810. The first kappa shape index (κ1) is 54.2. The highest BCUT2D eigenvalue weighted by Gasteiger charge is 2.44. The topological polar surface area (TPSA) is 149 Å². The number of aliphatic hydroxyl groups excluding tert-OH is 5. The smallest absolute Gasteiger partial charge is 0.220 e. The molecule has 0 bridgehead atoms. The van der Waals surface area contributed by atoms with E-state index in [1.54, 1.807) is 0 Å². The quantitative estimate of drug-likeness (QED) is 0.0334. The minimum atomic E-state index is -1.55. The van der Waals surface area contributed by atoms with Crippen LogP contribution in [-0.4, -0.2) is 87.5 Å². The van der Waals surface area contributed by atoms with Gasteiger partial charge in [0.25, 0.3) is 0 Å². The Morgan fingerprint density at radius 1 is 0.526 bits per heavy atom. The van der Waals surface area contributed by atoms with Crippen LogP contribution in [0.15, 0.2) is 0 Å². The third-order valence-corrected chi connectivity index (χ3v) is 12.2. The molecule has 57 heavy (non-hydrogen) atoms.